The largest absolute Gasteiger partial charge is 0.496 e. The summed E-state index contributed by atoms with van der Waals surface area (Å²) in [6.07, 6.45) is -5.44. The van der Waals surface area contributed by atoms with E-state index in [0.29, 0.717) is 17.7 Å². The number of aliphatic hydroxyl groups is 4. The van der Waals surface area contributed by atoms with Gasteiger partial charge in [0.15, 0.2) is 0 Å². The topological polar surface area (TPSA) is 99.4 Å². The van der Waals surface area contributed by atoms with Crippen molar-refractivity contribution < 1.29 is 34.3 Å². The number of hydrogen-bond donors (Lipinski definition) is 4. The van der Waals surface area contributed by atoms with Crippen LogP contribution in [0.5, 0.6) is 5.75 Å². The van der Waals surface area contributed by atoms with E-state index < -0.39 is 42.9 Å². The van der Waals surface area contributed by atoms with Crippen LogP contribution in [-0.2, 0) is 22.8 Å². The van der Waals surface area contributed by atoms with Crippen LogP contribution in [-0.4, -0.2) is 74.3 Å². The van der Waals surface area contributed by atoms with Crippen LogP contribution in [0.4, 0.5) is 4.39 Å². The van der Waals surface area contributed by atoms with Crippen molar-refractivity contribution in [3.8, 4) is 5.75 Å². The maximum Gasteiger partial charge on any atom is 0.132 e. The molecule has 1 aliphatic carbocycles. The second-order valence-corrected chi connectivity index (χ2v) is 9.16. The minimum atomic E-state index is -1.57. The maximum absolute atomic E-state index is 14.9. The SMILES string of the molecule is BC1(B)Cc2ccc(Cc3cc([C@@H]4O[C@H](CO)[C@@H](O)[C@H](O)[C@H]4O)c(F)cc3OC)cc21. The maximum atomic E-state index is 14.9. The molecular weight excluding hydrogens is 401 g/mol. The van der Waals surface area contributed by atoms with Crippen LogP contribution in [0.1, 0.15) is 33.9 Å². The van der Waals surface area contributed by atoms with E-state index in [1.165, 1.54) is 24.3 Å². The van der Waals surface area contributed by atoms with Crippen molar-refractivity contribution in [2.45, 2.75) is 48.6 Å². The standard InChI is InChI=1S/C22H27B2FO6/c1-30-16-7-15(25)13(21-20(29)19(28)18(27)17(9-26)31-21)6-12(16)4-10-2-3-11-8-22(23,24)14(11)5-10/h2-3,5-7,17-21,26-29H,4,8-9,23-24H2,1H3/t17-,18-,19+,20-,21+/m1/s1. The second kappa shape index (κ2) is 8.22. The Morgan fingerprint density at radius 2 is 1.87 bits per heavy atom. The number of rotatable bonds is 5. The summed E-state index contributed by atoms with van der Waals surface area (Å²) in [4.78, 5) is 0. The highest BCUT2D eigenvalue weighted by molar-refractivity contribution is 6.41. The zero-order valence-electron chi connectivity index (χ0n) is 17.9. The second-order valence-electron chi connectivity index (χ2n) is 9.16. The van der Waals surface area contributed by atoms with Crippen molar-refractivity contribution >= 4 is 15.7 Å². The van der Waals surface area contributed by atoms with Crippen molar-refractivity contribution in [2.24, 2.45) is 0 Å². The highest BCUT2D eigenvalue weighted by Crippen LogP contribution is 2.39. The summed E-state index contributed by atoms with van der Waals surface area (Å²) in [6.45, 7) is -0.572. The van der Waals surface area contributed by atoms with Crippen LogP contribution in [0.2, 0.25) is 0 Å². The summed E-state index contributed by atoms with van der Waals surface area (Å²) in [5, 5.41) is 40.1. The van der Waals surface area contributed by atoms with E-state index in [9.17, 15) is 24.8 Å². The Bertz CT molecular complexity index is 983. The van der Waals surface area contributed by atoms with Crippen LogP contribution in [0.3, 0.4) is 0 Å². The Labute approximate surface area is 182 Å². The molecule has 0 saturated carbocycles. The summed E-state index contributed by atoms with van der Waals surface area (Å²) >= 11 is 0. The molecule has 0 amide bonds. The molecule has 9 heteroatoms. The van der Waals surface area contributed by atoms with Crippen molar-refractivity contribution in [3.63, 3.8) is 0 Å². The first-order valence-corrected chi connectivity index (χ1v) is 10.5. The average molecular weight is 428 g/mol. The molecule has 164 valence electrons. The van der Waals surface area contributed by atoms with Gasteiger partial charge >= 0.3 is 0 Å². The van der Waals surface area contributed by atoms with Gasteiger partial charge in [-0.05, 0) is 29.2 Å². The smallest absolute Gasteiger partial charge is 0.132 e. The lowest BCUT2D eigenvalue weighted by atomic mass is 9.42. The molecule has 0 unspecified atom stereocenters. The number of ether oxygens (including phenoxy) is 2. The van der Waals surface area contributed by atoms with Gasteiger partial charge in [-0.25, -0.2) is 4.39 Å². The average Bonchev–Trinajstić information content (AvgIpc) is 2.74. The minimum absolute atomic E-state index is 0.0389. The molecule has 2 aromatic carbocycles. The Morgan fingerprint density at radius 3 is 2.52 bits per heavy atom. The monoisotopic (exact) mass is 428 g/mol. The predicted octanol–water partition coefficient (Wildman–Crippen LogP) is -1.08. The molecule has 1 aliphatic heterocycles. The molecule has 1 saturated heterocycles. The van der Waals surface area contributed by atoms with Crippen LogP contribution >= 0.6 is 0 Å². The van der Waals surface area contributed by atoms with Gasteiger partial charge in [0.25, 0.3) is 0 Å². The first kappa shape index (κ1) is 22.3. The van der Waals surface area contributed by atoms with Crippen molar-refractivity contribution in [1.82, 2.24) is 0 Å². The molecule has 1 fully saturated rings. The lowest BCUT2D eigenvalue weighted by Gasteiger charge is -2.40. The highest BCUT2D eigenvalue weighted by atomic mass is 19.1. The number of methoxy groups -OCH3 is 1. The zero-order valence-corrected chi connectivity index (χ0v) is 17.9. The van der Waals surface area contributed by atoms with Gasteiger partial charge in [-0.2, -0.15) is 0 Å². The van der Waals surface area contributed by atoms with Gasteiger partial charge in [0, 0.05) is 18.1 Å². The summed E-state index contributed by atoms with van der Waals surface area (Å²) in [7, 11) is 5.87. The number of halogens is 1. The quantitative estimate of drug-likeness (QED) is 0.453. The first-order valence-electron chi connectivity index (χ1n) is 10.5. The number of hydrogen-bond acceptors (Lipinski definition) is 6. The molecular formula is C22H27B2FO6. The van der Waals surface area contributed by atoms with Gasteiger partial charge in [-0.3, -0.25) is 0 Å². The first-order chi connectivity index (χ1) is 14.7. The van der Waals surface area contributed by atoms with Crippen molar-refractivity contribution in [1.29, 1.82) is 0 Å². The third kappa shape index (κ3) is 3.90. The predicted molar refractivity (Wildman–Crippen MR) is 117 cm³/mol. The van der Waals surface area contributed by atoms with Gasteiger partial charge in [-0.15, -0.1) is 0 Å². The van der Waals surface area contributed by atoms with Crippen molar-refractivity contribution in [3.05, 3.63) is 64.0 Å². The molecule has 2 aliphatic rings. The fourth-order valence-corrected chi connectivity index (χ4v) is 4.73. The van der Waals surface area contributed by atoms with Gasteiger partial charge < -0.3 is 29.9 Å². The molecule has 6 nitrogen and oxygen atoms in total. The molecule has 4 rings (SSSR count). The van der Waals surface area contributed by atoms with Crippen LogP contribution < -0.4 is 4.74 Å². The van der Waals surface area contributed by atoms with Gasteiger partial charge in [0.05, 0.1) is 13.7 Å². The molecule has 31 heavy (non-hydrogen) atoms. The van der Waals surface area contributed by atoms with Gasteiger partial charge in [0.2, 0.25) is 0 Å². The molecule has 5 atom stereocenters. The molecule has 1 heterocycles. The Morgan fingerprint density at radius 1 is 1.13 bits per heavy atom. The van der Waals surface area contributed by atoms with E-state index in [2.05, 4.69) is 27.8 Å². The molecule has 0 radical (unpaired) electrons. The normalized spacial score (nSPS) is 29.2. The van der Waals surface area contributed by atoms with Crippen LogP contribution in [0.15, 0.2) is 30.3 Å². The fraction of sp³-hybridized carbons (Fsp3) is 0.455. The molecule has 0 aromatic heterocycles. The lowest BCUT2D eigenvalue weighted by Crippen LogP contribution is -2.55. The van der Waals surface area contributed by atoms with Crippen molar-refractivity contribution in [2.75, 3.05) is 13.7 Å². The van der Waals surface area contributed by atoms with E-state index >= 15 is 0 Å². The number of aliphatic hydroxyl groups excluding tert-OH is 4. The third-order valence-electron chi connectivity index (χ3n) is 6.53. The van der Waals surface area contributed by atoms with E-state index in [1.807, 2.05) is 6.07 Å². The molecule has 0 bridgehead atoms. The number of fused-ring (bicyclic) bond motifs is 1. The Kier molecular flexibility index (Phi) is 5.91. The minimum Gasteiger partial charge on any atom is -0.496 e. The molecule has 0 spiro atoms. The summed E-state index contributed by atoms with van der Waals surface area (Å²) in [5.74, 6) is -0.295. The van der Waals surface area contributed by atoms with E-state index in [0.717, 1.165) is 12.0 Å². The Hall–Kier alpha value is -1.90. The fourth-order valence-electron chi connectivity index (χ4n) is 4.73. The van der Waals surface area contributed by atoms with Crippen LogP contribution in [0, 0.1) is 5.82 Å². The van der Waals surface area contributed by atoms with Gasteiger partial charge in [0.1, 0.15) is 57.8 Å². The molecule has 4 N–H and O–H groups in total. The number of benzene rings is 2. The van der Waals surface area contributed by atoms with Crippen LogP contribution in [0.25, 0.3) is 0 Å². The summed E-state index contributed by atoms with van der Waals surface area (Å²) in [5.41, 5.74) is 4.43. The Balaban J connectivity index is 1.69. The molecule has 2 aromatic rings. The van der Waals surface area contributed by atoms with E-state index in [1.54, 1.807) is 6.07 Å². The summed E-state index contributed by atoms with van der Waals surface area (Å²) < 4.78 is 25.9. The summed E-state index contributed by atoms with van der Waals surface area (Å²) in [6, 6.07) is 9.12. The highest BCUT2D eigenvalue weighted by Gasteiger charge is 2.45. The zero-order chi connectivity index (χ0) is 22.5. The van der Waals surface area contributed by atoms with E-state index in [4.69, 9.17) is 9.47 Å². The van der Waals surface area contributed by atoms with E-state index in [-0.39, 0.29) is 10.8 Å². The van der Waals surface area contributed by atoms with Gasteiger partial charge in [-0.1, -0.05) is 29.0 Å². The third-order valence-corrected chi connectivity index (χ3v) is 6.53. The lowest BCUT2D eigenvalue weighted by molar-refractivity contribution is -0.232.